The van der Waals surface area contributed by atoms with Gasteiger partial charge in [-0.2, -0.15) is 0 Å². The van der Waals surface area contributed by atoms with Gasteiger partial charge in [-0.1, -0.05) is 60.1 Å². The van der Waals surface area contributed by atoms with E-state index in [1.807, 2.05) is 43.5 Å². The van der Waals surface area contributed by atoms with E-state index in [4.69, 9.17) is 14.5 Å². The molecule has 1 saturated heterocycles. The summed E-state index contributed by atoms with van der Waals surface area (Å²) in [7, 11) is 1.73. The van der Waals surface area contributed by atoms with Crippen molar-refractivity contribution in [1.29, 1.82) is 0 Å². The topological polar surface area (TPSA) is 80.1 Å². The van der Waals surface area contributed by atoms with Gasteiger partial charge in [-0.3, -0.25) is 4.98 Å². The second-order valence-electron chi connectivity index (χ2n) is 13.1. The van der Waals surface area contributed by atoms with Crippen molar-refractivity contribution < 1.29 is 19.4 Å². The number of carbonyl (C=O) groups excluding carboxylic acids is 1. The number of ether oxygens (including phenoxy) is 2. The number of amides is 1. The summed E-state index contributed by atoms with van der Waals surface area (Å²) in [6.45, 7) is 10.1. The fourth-order valence-corrected chi connectivity index (χ4v) is 7.20. The molecule has 2 aliphatic rings. The summed E-state index contributed by atoms with van der Waals surface area (Å²) in [5, 5.41) is 11.6. The fourth-order valence-electron chi connectivity index (χ4n) is 6.69. The van der Waals surface area contributed by atoms with Gasteiger partial charge in [-0.05, 0) is 66.5 Å². The van der Waals surface area contributed by atoms with Crippen molar-refractivity contribution in [2.45, 2.75) is 59.3 Å². The van der Waals surface area contributed by atoms with Crippen LogP contribution in [0.2, 0.25) is 0 Å². The molecule has 0 aliphatic carbocycles. The van der Waals surface area contributed by atoms with Crippen LogP contribution in [0.4, 0.5) is 10.5 Å². The van der Waals surface area contributed by atoms with Crippen LogP contribution in [0.3, 0.4) is 0 Å². The molecule has 6 rings (SSSR count). The lowest BCUT2D eigenvalue weighted by Crippen LogP contribution is -2.49. The maximum Gasteiger partial charge on any atom is 0.410 e. The fraction of sp³-hybridized carbons (Fsp3) is 0.444. The van der Waals surface area contributed by atoms with Gasteiger partial charge < -0.3 is 28.9 Å². The Morgan fingerprint density at radius 1 is 1.09 bits per heavy atom. The molecule has 2 aliphatic heterocycles. The van der Waals surface area contributed by atoms with Crippen LogP contribution in [-0.2, 0) is 35.5 Å². The molecule has 238 valence electrons. The van der Waals surface area contributed by atoms with E-state index in [9.17, 15) is 9.90 Å². The smallest absolute Gasteiger partial charge is 0.410 e. The highest BCUT2D eigenvalue weighted by Crippen LogP contribution is 2.44. The lowest BCUT2D eigenvalue weighted by Gasteiger charge is -2.35. The second-order valence-corrected chi connectivity index (χ2v) is 14.0. The van der Waals surface area contributed by atoms with Crippen molar-refractivity contribution in [2.75, 3.05) is 44.8 Å². The van der Waals surface area contributed by atoms with Gasteiger partial charge in [0, 0.05) is 61.9 Å². The Bertz CT molecular complexity index is 1680. The summed E-state index contributed by atoms with van der Waals surface area (Å²) >= 11 is 3.78. The lowest BCUT2D eigenvalue weighted by atomic mass is 9.84. The summed E-state index contributed by atoms with van der Waals surface area (Å²) < 4.78 is 15.0. The zero-order valence-corrected chi connectivity index (χ0v) is 28.3. The molecule has 2 aromatic carbocycles. The summed E-state index contributed by atoms with van der Waals surface area (Å²) in [4.78, 5) is 22.0. The maximum absolute atomic E-state index is 12.8. The van der Waals surface area contributed by atoms with E-state index in [1.165, 1.54) is 27.7 Å². The van der Waals surface area contributed by atoms with E-state index in [2.05, 4.69) is 57.4 Å². The molecular weight excluding hydrogens is 632 g/mol. The number of carbonyl (C=O) groups is 1. The molecule has 2 aromatic heterocycles. The first-order valence-corrected chi connectivity index (χ1v) is 16.7. The molecule has 0 radical (unpaired) electrons. The minimum absolute atomic E-state index is 0.0949. The van der Waals surface area contributed by atoms with Crippen molar-refractivity contribution in [1.82, 2.24) is 14.5 Å². The van der Waals surface area contributed by atoms with Crippen LogP contribution in [0.5, 0.6) is 0 Å². The van der Waals surface area contributed by atoms with Crippen molar-refractivity contribution >= 4 is 38.6 Å². The molecule has 0 spiro atoms. The molecule has 0 bridgehead atoms. The summed E-state index contributed by atoms with van der Waals surface area (Å²) in [6.07, 6.45) is 4.29. The highest BCUT2D eigenvalue weighted by molar-refractivity contribution is 9.10. The number of aryl methyl sites for hydroxylation is 2. The molecule has 4 heterocycles. The van der Waals surface area contributed by atoms with Crippen LogP contribution in [0.1, 0.15) is 55.7 Å². The first kappa shape index (κ1) is 31.6. The number of aliphatic hydroxyl groups is 1. The number of aromatic nitrogens is 2. The van der Waals surface area contributed by atoms with Gasteiger partial charge in [-0.25, -0.2) is 4.79 Å². The first-order valence-electron chi connectivity index (χ1n) is 15.9. The second kappa shape index (κ2) is 13.1. The van der Waals surface area contributed by atoms with Crippen molar-refractivity contribution in [3.8, 4) is 11.3 Å². The Morgan fingerprint density at radius 2 is 1.84 bits per heavy atom. The molecule has 0 unspecified atom stereocenters. The summed E-state index contributed by atoms with van der Waals surface area (Å²) in [5.74, 6) is 0. The monoisotopic (exact) mass is 674 g/mol. The zero-order chi connectivity index (χ0) is 31.7. The molecule has 9 heteroatoms. The Kier molecular flexibility index (Phi) is 9.22. The Labute approximate surface area is 274 Å². The van der Waals surface area contributed by atoms with E-state index in [0.717, 1.165) is 52.8 Å². The van der Waals surface area contributed by atoms with Crippen molar-refractivity contribution in [3.63, 3.8) is 0 Å². The van der Waals surface area contributed by atoms with Gasteiger partial charge in [-0.15, -0.1) is 0 Å². The van der Waals surface area contributed by atoms with Crippen LogP contribution < -0.4 is 4.90 Å². The highest BCUT2D eigenvalue weighted by Gasteiger charge is 2.31. The number of piperazine rings is 1. The molecule has 1 fully saturated rings. The first-order chi connectivity index (χ1) is 21.7. The average molecular weight is 676 g/mol. The number of halogens is 1. The number of anilines is 1. The maximum atomic E-state index is 12.8. The standard InChI is InChI=1S/C36H43BrN4O4/c1-24(44-4)32-30(34-31(20-36(2,3)23-42)29-18-27(37)17-26-11-8-12-41(34)33(26)29)19-28(21-38-32)39-13-15-40(16-14-39)35(43)45-22-25-9-6-5-7-10-25/h5-7,9-10,17-19,21,24,42H,8,11-16,20,22-23H2,1-4H3/t24-/m0/s1. The minimum Gasteiger partial charge on any atom is -0.445 e. The number of benzene rings is 2. The van der Waals surface area contributed by atoms with Gasteiger partial charge in [0.05, 0.1) is 34.9 Å². The number of rotatable bonds is 9. The van der Waals surface area contributed by atoms with E-state index in [0.29, 0.717) is 26.2 Å². The number of nitrogens with zero attached hydrogens (tertiary/aromatic N) is 4. The largest absolute Gasteiger partial charge is 0.445 e. The van der Waals surface area contributed by atoms with Gasteiger partial charge in [0.25, 0.3) is 0 Å². The SMILES string of the molecule is CO[C@@H](C)c1ncc(N2CCN(C(=O)OCc3ccccc3)CC2)cc1-c1c(CC(C)(C)CO)c2cc(Br)cc3c2n1CCC3. The number of pyridine rings is 1. The van der Waals surface area contributed by atoms with Crippen LogP contribution in [-0.4, -0.2) is 65.5 Å². The predicted molar refractivity (Wildman–Crippen MR) is 182 cm³/mol. The Balaban J connectivity index is 1.35. The van der Waals surface area contributed by atoms with Crippen LogP contribution in [0.25, 0.3) is 22.2 Å². The van der Waals surface area contributed by atoms with E-state index in [1.54, 1.807) is 12.0 Å². The van der Waals surface area contributed by atoms with E-state index < -0.39 is 0 Å². The molecule has 4 aromatic rings. The summed E-state index contributed by atoms with van der Waals surface area (Å²) in [5.41, 5.74) is 8.71. The van der Waals surface area contributed by atoms with Gasteiger partial charge in [0.15, 0.2) is 0 Å². The predicted octanol–water partition coefficient (Wildman–Crippen LogP) is 7.14. The van der Waals surface area contributed by atoms with Gasteiger partial charge >= 0.3 is 6.09 Å². The number of hydrogen-bond acceptors (Lipinski definition) is 6. The number of methoxy groups -OCH3 is 1. The van der Waals surface area contributed by atoms with Crippen LogP contribution in [0.15, 0.2) is 59.2 Å². The lowest BCUT2D eigenvalue weighted by molar-refractivity contribution is 0.0941. The molecule has 1 atom stereocenters. The quantitative estimate of drug-likeness (QED) is 0.203. The van der Waals surface area contributed by atoms with Gasteiger partial charge in [0.1, 0.15) is 6.61 Å². The normalized spacial score (nSPS) is 15.9. The molecule has 45 heavy (non-hydrogen) atoms. The molecular formula is C36H43BrN4O4. The molecule has 1 N–H and O–H groups in total. The van der Waals surface area contributed by atoms with Crippen LogP contribution in [0, 0.1) is 5.41 Å². The van der Waals surface area contributed by atoms with E-state index >= 15 is 0 Å². The van der Waals surface area contributed by atoms with Crippen LogP contribution >= 0.6 is 15.9 Å². The molecule has 0 saturated carbocycles. The van der Waals surface area contributed by atoms with Crippen molar-refractivity contribution in [2.24, 2.45) is 5.41 Å². The average Bonchev–Trinajstić information content (AvgIpc) is 3.36. The third-order valence-corrected chi connectivity index (χ3v) is 9.68. The third kappa shape index (κ3) is 6.48. The van der Waals surface area contributed by atoms with Crippen molar-refractivity contribution in [3.05, 3.63) is 81.6 Å². The number of aliphatic hydroxyl groups excluding tert-OH is 1. The number of hydrogen-bond donors (Lipinski definition) is 1. The zero-order valence-electron chi connectivity index (χ0n) is 26.7. The minimum atomic E-state index is -0.298. The molecule has 8 nitrogen and oxygen atoms in total. The molecule has 1 amide bonds. The third-order valence-electron chi connectivity index (χ3n) is 9.22. The Morgan fingerprint density at radius 3 is 2.56 bits per heavy atom. The summed E-state index contributed by atoms with van der Waals surface area (Å²) in [6, 6.07) is 16.5. The highest BCUT2D eigenvalue weighted by atomic mass is 79.9. The van der Waals surface area contributed by atoms with Gasteiger partial charge in [0.2, 0.25) is 0 Å². The van der Waals surface area contributed by atoms with E-state index in [-0.39, 0.29) is 30.8 Å². The Hall–Kier alpha value is -3.40.